The molecule has 36 heavy (non-hydrogen) atoms. The predicted molar refractivity (Wildman–Crippen MR) is 144 cm³/mol. The summed E-state index contributed by atoms with van der Waals surface area (Å²) in [5.74, 6) is 0.567. The van der Waals surface area contributed by atoms with Crippen LogP contribution in [-0.2, 0) is 11.3 Å². The fourth-order valence-electron chi connectivity index (χ4n) is 3.88. The summed E-state index contributed by atoms with van der Waals surface area (Å²) >= 11 is 1.59. The summed E-state index contributed by atoms with van der Waals surface area (Å²) in [6.07, 6.45) is 1.77. The van der Waals surface area contributed by atoms with E-state index in [4.69, 9.17) is 10.00 Å². The fraction of sp³-hybridized carbons (Fsp3) is 0.179. The van der Waals surface area contributed by atoms with E-state index in [-0.39, 0.29) is 0 Å². The van der Waals surface area contributed by atoms with E-state index in [1.54, 1.807) is 18.0 Å². The number of hydrogen-bond acceptors (Lipinski definition) is 8. The van der Waals surface area contributed by atoms with Gasteiger partial charge in [0, 0.05) is 47.8 Å². The van der Waals surface area contributed by atoms with E-state index in [9.17, 15) is 0 Å². The Morgan fingerprint density at radius 3 is 2.50 bits per heavy atom. The van der Waals surface area contributed by atoms with Crippen LogP contribution in [0.5, 0.6) is 0 Å². The van der Waals surface area contributed by atoms with E-state index in [0.717, 1.165) is 53.2 Å². The Morgan fingerprint density at radius 1 is 0.944 bits per heavy atom. The van der Waals surface area contributed by atoms with Crippen LogP contribution in [0, 0.1) is 11.3 Å². The zero-order valence-electron chi connectivity index (χ0n) is 19.7. The topological polar surface area (TPSA) is 86.1 Å². The van der Waals surface area contributed by atoms with Crippen molar-refractivity contribution in [2.75, 3.05) is 41.8 Å². The van der Waals surface area contributed by atoms with Crippen molar-refractivity contribution in [2.45, 2.75) is 16.5 Å². The van der Waals surface area contributed by atoms with Crippen LogP contribution in [0.4, 0.5) is 23.0 Å². The Hall–Kier alpha value is -4.06. The van der Waals surface area contributed by atoms with Crippen LogP contribution in [0.2, 0.25) is 0 Å². The maximum absolute atomic E-state index is 9.05. The molecule has 0 atom stereocenters. The summed E-state index contributed by atoms with van der Waals surface area (Å²) < 4.78 is 5.43. The number of nitrogens with one attached hydrogen (secondary N) is 2. The van der Waals surface area contributed by atoms with Crippen molar-refractivity contribution in [3.8, 4) is 6.07 Å². The summed E-state index contributed by atoms with van der Waals surface area (Å²) in [5, 5.41) is 16.6. The van der Waals surface area contributed by atoms with Crippen LogP contribution in [0.25, 0.3) is 0 Å². The smallest absolute Gasteiger partial charge is 0.228 e. The Kier molecular flexibility index (Phi) is 7.61. The van der Waals surface area contributed by atoms with Crippen molar-refractivity contribution in [1.82, 2.24) is 9.97 Å². The maximum atomic E-state index is 9.05. The first kappa shape index (κ1) is 23.7. The van der Waals surface area contributed by atoms with E-state index in [1.807, 2.05) is 42.5 Å². The van der Waals surface area contributed by atoms with Crippen molar-refractivity contribution in [1.29, 1.82) is 5.26 Å². The number of rotatable bonds is 8. The average molecular weight is 495 g/mol. The van der Waals surface area contributed by atoms with Gasteiger partial charge in [-0.1, -0.05) is 23.9 Å². The van der Waals surface area contributed by atoms with E-state index in [1.165, 1.54) is 5.69 Å². The lowest BCUT2D eigenvalue weighted by Crippen LogP contribution is -2.36. The highest BCUT2D eigenvalue weighted by Gasteiger charge is 2.11. The highest BCUT2D eigenvalue weighted by atomic mass is 32.2. The molecule has 2 heterocycles. The second kappa shape index (κ2) is 11.6. The highest BCUT2D eigenvalue weighted by Crippen LogP contribution is 2.28. The minimum absolute atomic E-state index is 0.567. The molecule has 0 radical (unpaired) electrons. The normalized spacial score (nSPS) is 13.1. The Morgan fingerprint density at radius 2 is 1.72 bits per heavy atom. The molecule has 8 heteroatoms. The minimum Gasteiger partial charge on any atom is -0.381 e. The van der Waals surface area contributed by atoms with E-state index in [0.29, 0.717) is 18.1 Å². The van der Waals surface area contributed by atoms with Crippen molar-refractivity contribution < 1.29 is 4.74 Å². The molecule has 4 aromatic rings. The molecule has 0 aliphatic carbocycles. The molecule has 2 N–H and O–H groups in total. The summed E-state index contributed by atoms with van der Waals surface area (Å²) in [5.41, 5.74) is 4.91. The third kappa shape index (κ3) is 6.33. The Bertz CT molecular complexity index is 1330. The van der Waals surface area contributed by atoms with Gasteiger partial charge in [0.15, 0.2) is 0 Å². The van der Waals surface area contributed by atoms with Gasteiger partial charge < -0.3 is 20.3 Å². The molecule has 0 unspecified atom stereocenters. The second-order valence-corrected chi connectivity index (χ2v) is 9.38. The summed E-state index contributed by atoms with van der Waals surface area (Å²) in [6.45, 7) is 4.05. The zero-order valence-corrected chi connectivity index (χ0v) is 20.5. The molecule has 0 amide bonds. The molecule has 1 aliphatic heterocycles. The van der Waals surface area contributed by atoms with Gasteiger partial charge in [-0.25, -0.2) is 9.97 Å². The van der Waals surface area contributed by atoms with E-state index in [2.05, 4.69) is 68.0 Å². The second-order valence-electron chi connectivity index (χ2n) is 8.28. The Labute approximate surface area is 215 Å². The lowest BCUT2D eigenvalue weighted by Gasteiger charge is -2.28. The third-order valence-corrected chi connectivity index (χ3v) is 6.70. The lowest BCUT2D eigenvalue weighted by molar-refractivity contribution is 0.122. The van der Waals surface area contributed by atoms with Gasteiger partial charge in [0.1, 0.15) is 5.03 Å². The van der Waals surface area contributed by atoms with Crippen LogP contribution in [-0.4, -0.2) is 36.3 Å². The molecule has 0 saturated carbocycles. The lowest BCUT2D eigenvalue weighted by atomic mass is 10.1. The molecule has 1 fully saturated rings. The van der Waals surface area contributed by atoms with Gasteiger partial charge in [-0.05, 0) is 72.3 Å². The number of benzene rings is 3. The predicted octanol–water partition coefficient (Wildman–Crippen LogP) is 5.69. The van der Waals surface area contributed by atoms with E-state index >= 15 is 0 Å². The zero-order chi connectivity index (χ0) is 24.6. The fourth-order valence-corrected chi connectivity index (χ4v) is 4.66. The average Bonchev–Trinajstić information content (AvgIpc) is 2.94. The first-order valence-electron chi connectivity index (χ1n) is 11.8. The highest BCUT2D eigenvalue weighted by molar-refractivity contribution is 7.99. The molecule has 1 saturated heterocycles. The van der Waals surface area contributed by atoms with Gasteiger partial charge in [0.2, 0.25) is 5.95 Å². The minimum atomic E-state index is 0.567. The standard InChI is InChI=1S/C28H26N6OS/c29-19-21-2-1-3-22(18-21)20-31-23-6-10-26(11-7-23)36-27-12-13-30-28(33-27)32-24-4-8-25(9-5-24)34-14-16-35-17-15-34/h1-13,18,31H,14-17,20H2,(H,30,32,33). The van der Waals surface area contributed by atoms with Crippen LogP contribution in [0.15, 0.2) is 95.0 Å². The summed E-state index contributed by atoms with van der Waals surface area (Å²) in [4.78, 5) is 12.5. The van der Waals surface area contributed by atoms with Crippen LogP contribution in [0.1, 0.15) is 11.1 Å². The molecule has 0 spiro atoms. The number of hydrogen-bond donors (Lipinski definition) is 2. The monoisotopic (exact) mass is 494 g/mol. The SMILES string of the molecule is N#Cc1cccc(CNc2ccc(Sc3ccnc(Nc4ccc(N5CCOCC5)cc4)n3)cc2)c1. The maximum Gasteiger partial charge on any atom is 0.228 e. The molecule has 5 rings (SSSR count). The van der Waals surface area contributed by atoms with Crippen LogP contribution < -0.4 is 15.5 Å². The van der Waals surface area contributed by atoms with Gasteiger partial charge in [-0.2, -0.15) is 5.26 Å². The first-order valence-corrected chi connectivity index (χ1v) is 12.6. The number of morpholine rings is 1. The molecule has 0 bridgehead atoms. The van der Waals surface area contributed by atoms with Crippen molar-refractivity contribution in [3.63, 3.8) is 0 Å². The first-order chi connectivity index (χ1) is 17.7. The molecular weight excluding hydrogens is 468 g/mol. The van der Waals surface area contributed by atoms with Gasteiger partial charge in [-0.3, -0.25) is 0 Å². The van der Waals surface area contributed by atoms with E-state index < -0.39 is 0 Å². The van der Waals surface area contributed by atoms with Gasteiger partial charge in [0.25, 0.3) is 0 Å². The van der Waals surface area contributed by atoms with Crippen LogP contribution in [0.3, 0.4) is 0 Å². The number of aromatic nitrogens is 2. The van der Waals surface area contributed by atoms with Crippen LogP contribution >= 0.6 is 11.8 Å². The number of nitriles is 1. The molecule has 3 aromatic carbocycles. The Balaban J connectivity index is 1.16. The van der Waals surface area contributed by atoms with Gasteiger partial charge in [0.05, 0.1) is 24.8 Å². The van der Waals surface area contributed by atoms with Crippen molar-refractivity contribution in [3.05, 3.63) is 96.2 Å². The van der Waals surface area contributed by atoms with Gasteiger partial charge >= 0.3 is 0 Å². The number of ether oxygens (including phenoxy) is 1. The molecule has 1 aliphatic rings. The molecule has 7 nitrogen and oxygen atoms in total. The van der Waals surface area contributed by atoms with Crippen molar-refractivity contribution in [2.24, 2.45) is 0 Å². The molecular formula is C28H26N6OS. The van der Waals surface area contributed by atoms with Crippen molar-refractivity contribution >= 4 is 34.8 Å². The third-order valence-electron chi connectivity index (χ3n) is 5.76. The molecule has 180 valence electrons. The van der Waals surface area contributed by atoms with Gasteiger partial charge in [-0.15, -0.1) is 0 Å². The number of nitrogens with zero attached hydrogens (tertiary/aromatic N) is 4. The largest absolute Gasteiger partial charge is 0.381 e. The summed E-state index contributed by atoms with van der Waals surface area (Å²) in [6, 6.07) is 28.3. The number of anilines is 4. The summed E-state index contributed by atoms with van der Waals surface area (Å²) in [7, 11) is 0. The molecule has 1 aromatic heterocycles. The quantitative estimate of drug-likeness (QED) is 0.302.